The van der Waals surface area contributed by atoms with Crippen LogP contribution < -0.4 is 15.5 Å². The topological polar surface area (TPSA) is 149 Å². The molecule has 2 aromatic carbocycles. The maximum Gasteiger partial charge on any atom is 0.255 e. The minimum atomic E-state index is -3.20. The van der Waals surface area contributed by atoms with Crippen LogP contribution >= 0.6 is 0 Å². The molecule has 13 nitrogen and oxygen atoms in total. The number of anilines is 3. The summed E-state index contributed by atoms with van der Waals surface area (Å²) < 4.78 is 25.7. The molecule has 1 unspecified atom stereocenters. The molecular weight excluding hydrogens is 729 g/mol. The molecule has 56 heavy (non-hydrogen) atoms. The van der Waals surface area contributed by atoms with Gasteiger partial charge in [0.25, 0.3) is 5.91 Å². The van der Waals surface area contributed by atoms with Gasteiger partial charge in [-0.05, 0) is 104 Å². The van der Waals surface area contributed by atoms with Crippen LogP contribution in [0.2, 0.25) is 0 Å². The van der Waals surface area contributed by atoms with E-state index in [2.05, 4.69) is 44.5 Å². The number of amides is 3. The molecule has 8 rings (SSSR count). The number of piperazine rings is 1. The Hall–Kier alpha value is -5.94. The highest BCUT2D eigenvalue weighted by molar-refractivity contribution is 7.94. The summed E-state index contributed by atoms with van der Waals surface area (Å²) in [4.78, 5) is 48.9. The molecule has 5 heterocycles. The third-order valence-corrected chi connectivity index (χ3v) is 12.2. The van der Waals surface area contributed by atoms with Gasteiger partial charge in [0.2, 0.25) is 17.8 Å². The van der Waals surface area contributed by atoms with E-state index in [4.69, 9.17) is 5.10 Å². The van der Waals surface area contributed by atoms with Crippen molar-refractivity contribution in [2.24, 2.45) is 0 Å². The number of sulfone groups is 1. The smallest absolute Gasteiger partial charge is 0.255 e. The predicted octanol–water partition coefficient (Wildman–Crippen LogP) is 4.68. The number of hydrogen-bond donors (Lipinski definition) is 2. The minimum absolute atomic E-state index is 0.0824. The van der Waals surface area contributed by atoms with Gasteiger partial charge in [0.15, 0.2) is 15.5 Å². The Morgan fingerprint density at radius 2 is 1.80 bits per heavy atom. The molecule has 0 bridgehead atoms. The summed E-state index contributed by atoms with van der Waals surface area (Å²) in [6.45, 7) is 3.91. The normalized spacial score (nSPS) is 18.3. The number of nitrogens with zero attached hydrogens (tertiary/aromatic N) is 6. The number of nitrogens with one attached hydrogen (secondary N) is 2. The van der Waals surface area contributed by atoms with E-state index in [9.17, 15) is 22.8 Å². The van der Waals surface area contributed by atoms with Gasteiger partial charge in [-0.25, -0.2) is 12.9 Å². The van der Waals surface area contributed by atoms with Crippen molar-refractivity contribution in [3.63, 3.8) is 0 Å². The van der Waals surface area contributed by atoms with Crippen molar-refractivity contribution in [3.05, 3.63) is 100 Å². The quantitative estimate of drug-likeness (QED) is 0.173. The van der Waals surface area contributed by atoms with Gasteiger partial charge in [-0.1, -0.05) is 24.0 Å². The molecule has 14 heteroatoms. The van der Waals surface area contributed by atoms with E-state index < -0.39 is 15.9 Å². The van der Waals surface area contributed by atoms with Gasteiger partial charge in [-0.3, -0.25) is 14.4 Å². The van der Waals surface area contributed by atoms with Crippen LogP contribution in [0.25, 0.3) is 11.2 Å². The van der Waals surface area contributed by atoms with E-state index in [-0.39, 0.29) is 17.7 Å². The zero-order chi connectivity index (χ0) is 38.8. The van der Waals surface area contributed by atoms with Crippen LogP contribution in [-0.2, 0) is 26.0 Å². The van der Waals surface area contributed by atoms with Crippen molar-refractivity contribution < 1.29 is 22.8 Å². The third-order valence-electron chi connectivity index (χ3n) is 10.9. The number of fused-ring (bicyclic) bond motifs is 2. The molecule has 0 spiro atoms. The van der Waals surface area contributed by atoms with Gasteiger partial charge in [0, 0.05) is 85.8 Å². The molecule has 1 aliphatic carbocycles. The fourth-order valence-electron chi connectivity index (χ4n) is 7.80. The number of carbonyl (C=O) groups is 3. The fourth-order valence-corrected chi connectivity index (χ4v) is 8.59. The Kier molecular flexibility index (Phi) is 10.3. The lowest BCUT2D eigenvalue weighted by molar-refractivity contribution is -0.131. The molecule has 4 aromatic rings. The molecule has 1 atom stereocenters. The third kappa shape index (κ3) is 7.90. The molecule has 0 saturated carbocycles. The predicted molar refractivity (Wildman–Crippen MR) is 215 cm³/mol. The molecule has 2 N–H and O–H groups in total. The fraction of sp³-hybridized carbons (Fsp3) is 0.357. The van der Waals surface area contributed by atoms with E-state index >= 15 is 0 Å². The first-order chi connectivity index (χ1) is 27.1. The maximum atomic E-state index is 13.0. The monoisotopic (exact) mass is 772 g/mol. The summed E-state index contributed by atoms with van der Waals surface area (Å²) in [5.41, 5.74) is 6.94. The zero-order valence-electron chi connectivity index (χ0n) is 31.3. The average molecular weight is 773 g/mol. The van der Waals surface area contributed by atoms with Gasteiger partial charge in [0.05, 0.1) is 5.69 Å². The first kappa shape index (κ1) is 37.0. The first-order valence-corrected chi connectivity index (χ1v) is 21.1. The number of benzene rings is 2. The number of unbranched alkanes of at least 4 members (excludes halogenated alkanes) is 2. The number of carbonyl (C=O) groups excluding carboxylic acids is 3. The first-order valence-electron chi connectivity index (χ1n) is 19.2. The van der Waals surface area contributed by atoms with E-state index in [0.29, 0.717) is 80.3 Å². The van der Waals surface area contributed by atoms with Crippen molar-refractivity contribution in [3.8, 4) is 11.8 Å². The largest absolute Gasteiger partial charge is 0.368 e. The van der Waals surface area contributed by atoms with Gasteiger partial charge in [-0.2, -0.15) is 4.98 Å². The summed E-state index contributed by atoms with van der Waals surface area (Å²) in [7, 11) is -3.20. The minimum Gasteiger partial charge on any atom is -0.368 e. The Bertz CT molecular complexity index is 2440. The molecule has 2 fully saturated rings. The molecule has 0 radical (unpaired) electrons. The Balaban J connectivity index is 0.773. The number of allylic oxidation sites excluding steroid dienone is 4. The Morgan fingerprint density at radius 1 is 0.982 bits per heavy atom. The highest BCUT2D eigenvalue weighted by Gasteiger charge is 2.38. The van der Waals surface area contributed by atoms with Crippen molar-refractivity contribution in [1.82, 2.24) is 29.7 Å². The Labute approximate surface area is 326 Å². The van der Waals surface area contributed by atoms with Gasteiger partial charge in [0.1, 0.15) is 6.04 Å². The van der Waals surface area contributed by atoms with Crippen LogP contribution in [0.15, 0.2) is 77.7 Å². The lowest BCUT2D eigenvalue weighted by atomic mass is 10.0. The van der Waals surface area contributed by atoms with Crippen LogP contribution in [0.5, 0.6) is 0 Å². The molecule has 3 aliphatic heterocycles. The molecule has 2 saturated heterocycles. The van der Waals surface area contributed by atoms with Crippen molar-refractivity contribution in [2.45, 2.75) is 57.5 Å². The van der Waals surface area contributed by atoms with Crippen molar-refractivity contribution in [1.29, 1.82) is 0 Å². The SMILES string of the molecule is CS(=O)(=O)C1=CC=C(c2cccc3nc(Nc4ccc(N5CCN(C(=O)CCCCC#Cc6ccc7c(c6)CN(C6CCNC6=O)C7=O)CC5)cc4)nn23)CC1. The summed E-state index contributed by atoms with van der Waals surface area (Å²) in [5, 5.41) is 10.8. The molecular formula is C42H44N8O5S. The standard InChI is InChI=1S/C42H44N8O5S/c1-56(54,55)34-18-12-30(13-19-34)36-8-6-9-38-45-42(46-50(36)38)44-32-14-16-33(17-15-32)47-23-25-48(26-24-47)39(51)10-5-3-2-4-7-29-11-20-35-31(27-29)28-49(41(35)53)37-21-22-43-40(37)52/h6,8-9,11-12,14-18,20,27,37H,2-3,5,10,13,19,21-26,28H2,1H3,(H,43,52)(H,44,46). The van der Waals surface area contributed by atoms with Crippen LogP contribution in [0.3, 0.4) is 0 Å². The summed E-state index contributed by atoms with van der Waals surface area (Å²) >= 11 is 0. The molecule has 4 aliphatic rings. The van der Waals surface area contributed by atoms with Crippen LogP contribution in [0, 0.1) is 11.8 Å². The molecule has 2 aromatic heterocycles. The Morgan fingerprint density at radius 3 is 2.54 bits per heavy atom. The highest BCUT2D eigenvalue weighted by Crippen LogP contribution is 2.30. The second-order valence-electron chi connectivity index (χ2n) is 14.7. The van der Waals surface area contributed by atoms with Gasteiger partial charge < -0.3 is 25.3 Å². The number of aromatic nitrogens is 3. The van der Waals surface area contributed by atoms with Gasteiger partial charge >= 0.3 is 0 Å². The lowest BCUT2D eigenvalue weighted by Gasteiger charge is -2.36. The molecule has 288 valence electrons. The molecule has 3 amide bonds. The lowest BCUT2D eigenvalue weighted by Crippen LogP contribution is -2.48. The van der Waals surface area contributed by atoms with E-state index in [0.717, 1.165) is 59.7 Å². The van der Waals surface area contributed by atoms with Crippen LogP contribution in [0.4, 0.5) is 17.3 Å². The second kappa shape index (κ2) is 15.7. The summed E-state index contributed by atoms with van der Waals surface area (Å²) in [6.07, 6.45) is 9.31. The van der Waals surface area contributed by atoms with Crippen LogP contribution in [0.1, 0.15) is 72.1 Å². The maximum absolute atomic E-state index is 13.0. The number of rotatable bonds is 10. The average Bonchev–Trinajstić information content (AvgIpc) is 3.91. The summed E-state index contributed by atoms with van der Waals surface area (Å²) in [5.74, 6) is 6.90. The van der Waals surface area contributed by atoms with Crippen molar-refractivity contribution in [2.75, 3.05) is 49.2 Å². The number of pyridine rings is 1. The van der Waals surface area contributed by atoms with Crippen molar-refractivity contribution >= 4 is 56.1 Å². The van der Waals surface area contributed by atoms with E-state index in [1.54, 1.807) is 15.5 Å². The number of hydrogen-bond acceptors (Lipinski definition) is 9. The van der Waals surface area contributed by atoms with Gasteiger partial charge in [-0.15, -0.1) is 5.10 Å². The zero-order valence-corrected chi connectivity index (χ0v) is 32.1. The second-order valence-corrected chi connectivity index (χ2v) is 16.7. The highest BCUT2D eigenvalue weighted by atomic mass is 32.2. The van der Waals surface area contributed by atoms with E-state index in [1.807, 2.05) is 59.5 Å². The van der Waals surface area contributed by atoms with E-state index in [1.165, 1.54) is 6.26 Å². The summed E-state index contributed by atoms with van der Waals surface area (Å²) in [6, 6.07) is 19.2. The van der Waals surface area contributed by atoms with Crippen LogP contribution in [-0.4, -0.2) is 95.6 Å².